The summed E-state index contributed by atoms with van der Waals surface area (Å²) in [6.07, 6.45) is 4.65. The van der Waals surface area contributed by atoms with Gasteiger partial charge in [0.1, 0.15) is 4.90 Å². The molecule has 1 aliphatic heterocycles. The van der Waals surface area contributed by atoms with Crippen LogP contribution in [0.5, 0.6) is 0 Å². The number of hydrogen-bond donors (Lipinski definition) is 1. The Morgan fingerprint density at radius 3 is 2.61 bits per heavy atom. The normalized spacial score (nSPS) is 19.5. The van der Waals surface area contributed by atoms with Gasteiger partial charge in [0.25, 0.3) is 0 Å². The molecule has 6 nitrogen and oxygen atoms in total. The molecule has 1 saturated heterocycles. The number of aromatic nitrogens is 2. The Kier molecular flexibility index (Phi) is 4.04. The van der Waals surface area contributed by atoms with Gasteiger partial charge in [0, 0.05) is 25.8 Å². The molecule has 0 spiro atoms. The minimum absolute atomic E-state index is 0.258. The van der Waals surface area contributed by atoms with Gasteiger partial charge in [0.05, 0.1) is 6.20 Å². The van der Waals surface area contributed by atoms with E-state index >= 15 is 0 Å². The molecular weight excluding hydrogens is 252 g/mol. The van der Waals surface area contributed by atoms with E-state index in [2.05, 4.69) is 29.2 Å². The van der Waals surface area contributed by atoms with Crippen molar-refractivity contribution < 1.29 is 8.42 Å². The molecule has 0 unspecified atom stereocenters. The molecule has 102 valence electrons. The van der Waals surface area contributed by atoms with Crippen molar-refractivity contribution in [1.82, 2.24) is 19.4 Å². The maximum atomic E-state index is 12.2. The third-order valence-electron chi connectivity index (χ3n) is 3.31. The molecule has 1 aliphatic rings. The predicted molar refractivity (Wildman–Crippen MR) is 68.6 cm³/mol. The monoisotopic (exact) mass is 272 g/mol. The van der Waals surface area contributed by atoms with E-state index < -0.39 is 10.0 Å². The number of sulfonamides is 1. The van der Waals surface area contributed by atoms with E-state index in [9.17, 15) is 8.42 Å². The van der Waals surface area contributed by atoms with E-state index in [1.165, 1.54) is 12.4 Å². The molecule has 18 heavy (non-hydrogen) atoms. The van der Waals surface area contributed by atoms with Crippen LogP contribution in [0, 0.1) is 5.92 Å². The zero-order valence-electron chi connectivity index (χ0n) is 10.8. The number of nitrogens with zero attached hydrogens (tertiary/aromatic N) is 3. The molecule has 1 aromatic rings. The van der Waals surface area contributed by atoms with Crippen LogP contribution in [0.25, 0.3) is 0 Å². The second-order valence-electron chi connectivity index (χ2n) is 5.04. The molecule has 0 bridgehead atoms. The molecule has 0 amide bonds. The highest BCUT2D eigenvalue weighted by Gasteiger charge is 2.29. The van der Waals surface area contributed by atoms with Crippen LogP contribution >= 0.6 is 0 Å². The molecular formula is C11H20N4O2S. The van der Waals surface area contributed by atoms with Crippen LogP contribution in [-0.4, -0.2) is 61.5 Å². The average Bonchev–Trinajstić information content (AvgIpc) is 2.83. The molecule has 1 N–H and O–H groups in total. The molecule has 1 fully saturated rings. The Bertz CT molecular complexity index is 461. The van der Waals surface area contributed by atoms with E-state index in [0.717, 1.165) is 19.4 Å². The second-order valence-corrected chi connectivity index (χ2v) is 6.98. The number of H-pyrrole nitrogens is 1. The van der Waals surface area contributed by atoms with E-state index in [1.807, 2.05) is 0 Å². The van der Waals surface area contributed by atoms with E-state index in [0.29, 0.717) is 19.0 Å². The molecule has 7 heteroatoms. The van der Waals surface area contributed by atoms with Gasteiger partial charge in [-0.15, -0.1) is 0 Å². The van der Waals surface area contributed by atoms with Crippen LogP contribution < -0.4 is 0 Å². The third kappa shape index (κ3) is 2.90. The van der Waals surface area contributed by atoms with Crippen molar-refractivity contribution in [3.63, 3.8) is 0 Å². The number of nitrogens with one attached hydrogen (secondary N) is 1. The first kappa shape index (κ1) is 13.5. The average molecular weight is 272 g/mol. The minimum Gasteiger partial charge on any atom is -0.309 e. The SMILES string of the molecule is CN(C)CC1CCN(S(=O)(=O)c2cn[nH]c2)CC1. The number of rotatable bonds is 4. The van der Waals surface area contributed by atoms with Crippen molar-refractivity contribution in [2.75, 3.05) is 33.7 Å². The summed E-state index contributed by atoms with van der Waals surface area (Å²) in [6, 6.07) is 0. The Morgan fingerprint density at radius 2 is 2.11 bits per heavy atom. The van der Waals surface area contributed by atoms with Gasteiger partial charge in [-0.25, -0.2) is 8.42 Å². The smallest absolute Gasteiger partial charge is 0.246 e. The largest absolute Gasteiger partial charge is 0.309 e. The summed E-state index contributed by atoms with van der Waals surface area (Å²) < 4.78 is 26.0. The molecule has 0 aliphatic carbocycles. The maximum Gasteiger partial charge on any atom is 0.246 e. The summed E-state index contributed by atoms with van der Waals surface area (Å²) in [4.78, 5) is 2.42. The maximum absolute atomic E-state index is 12.2. The number of aromatic amines is 1. The van der Waals surface area contributed by atoms with Crippen molar-refractivity contribution in [3.8, 4) is 0 Å². The molecule has 0 saturated carbocycles. The Hall–Kier alpha value is -0.920. The molecule has 0 atom stereocenters. The van der Waals surface area contributed by atoms with Crippen molar-refractivity contribution in [1.29, 1.82) is 0 Å². The summed E-state index contributed by atoms with van der Waals surface area (Å²) in [7, 11) is 0.756. The standard InChI is InChI=1S/C11H20N4O2S/c1-14(2)9-10-3-5-15(6-4-10)18(16,17)11-7-12-13-8-11/h7-8,10H,3-6,9H2,1-2H3,(H,12,13). The molecule has 2 heterocycles. The summed E-state index contributed by atoms with van der Waals surface area (Å²) in [6.45, 7) is 2.23. The van der Waals surface area contributed by atoms with Gasteiger partial charge in [-0.2, -0.15) is 9.40 Å². The van der Waals surface area contributed by atoms with E-state index in [4.69, 9.17) is 0 Å². The van der Waals surface area contributed by atoms with Crippen LogP contribution in [-0.2, 0) is 10.0 Å². The lowest BCUT2D eigenvalue weighted by Gasteiger charge is -2.32. The highest BCUT2D eigenvalue weighted by molar-refractivity contribution is 7.89. The van der Waals surface area contributed by atoms with Gasteiger partial charge in [0.15, 0.2) is 0 Å². The minimum atomic E-state index is -3.34. The topological polar surface area (TPSA) is 69.3 Å². The zero-order valence-corrected chi connectivity index (χ0v) is 11.7. The van der Waals surface area contributed by atoms with Gasteiger partial charge in [-0.3, -0.25) is 5.10 Å². The van der Waals surface area contributed by atoms with Crippen molar-refractivity contribution >= 4 is 10.0 Å². The van der Waals surface area contributed by atoms with Crippen LogP contribution in [0.15, 0.2) is 17.3 Å². The van der Waals surface area contributed by atoms with Crippen LogP contribution in [0.1, 0.15) is 12.8 Å². The number of piperidine rings is 1. The predicted octanol–water partition coefficient (Wildman–Crippen LogP) is 0.372. The molecule has 1 aromatic heterocycles. The fourth-order valence-electron chi connectivity index (χ4n) is 2.38. The summed E-state index contributed by atoms with van der Waals surface area (Å²) in [5.74, 6) is 0.593. The van der Waals surface area contributed by atoms with Gasteiger partial charge in [0.2, 0.25) is 10.0 Å². The first-order valence-corrected chi connectivity index (χ1v) is 7.58. The highest BCUT2D eigenvalue weighted by Crippen LogP contribution is 2.23. The summed E-state index contributed by atoms with van der Waals surface area (Å²) in [5, 5.41) is 6.25. The van der Waals surface area contributed by atoms with Crippen molar-refractivity contribution in [2.24, 2.45) is 5.92 Å². The number of hydrogen-bond acceptors (Lipinski definition) is 4. The quantitative estimate of drug-likeness (QED) is 0.860. The first-order valence-electron chi connectivity index (χ1n) is 6.14. The second kappa shape index (κ2) is 5.38. The molecule has 2 rings (SSSR count). The summed E-state index contributed by atoms with van der Waals surface area (Å²) in [5.41, 5.74) is 0. The van der Waals surface area contributed by atoms with Gasteiger partial charge in [-0.1, -0.05) is 0 Å². The zero-order chi connectivity index (χ0) is 13.2. The highest BCUT2D eigenvalue weighted by atomic mass is 32.2. The fourth-order valence-corrected chi connectivity index (χ4v) is 3.76. The van der Waals surface area contributed by atoms with E-state index in [1.54, 1.807) is 4.31 Å². The first-order chi connectivity index (χ1) is 8.50. The Labute approximate surface area is 108 Å². The van der Waals surface area contributed by atoms with E-state index in [-0.39, 0.29) is 4.90 Å². The lowest BCUT2D eigenvalue weighted by Crippen LogP contribution is -2.40. The summed E-state index contributed by atoms with van der Waals surface area (Å²) >= 11 is 0. The fraction of sp³-hybridized carbons (Fsp3) is 0.727. The molecule has 0 aromatic carbocycles. The van der Waals surface area contributed by atoms with Gasteiger partial charge in [-0.05, 0) is 32.9 Å². The van der Waals surface area contributed by atoms with Gasteiger partial charge >= 0.3 is 0 Å². The third-order valence-corrected chi connectivity index (χ3v) is 5.17. The Morgan fingerprint density at radius 1 is 1.44 bits per heavy atom. The van der Waals surface area contributed by atoms with Crippen molar-refractivity contribution in [2.45, 2.75) is 17.7 Å². The van der Waals surface area contributed by atoms with Crippen LogP contribution in [0.2, 0.25) is 0 Å². The van der Waals surface area contributed by atoms with Crippen LogP contribution in [0.4, 0.5) is 0 Å². The Balaban J connectivity index is 1.98. The molecule has 0 radical (unpaired) electrons. The lowest BCUT2D eigenvalue weighted by molar-refractivity contribution is 0.225. The van der Waals surface area contributed by atoms with Crippen LogP contribution in [0.3, 0.4) is 0 Å². The van der Waals surface area contributed by atoms with Crippen molar-refractivity contribution in [3.05, 3.63) is 12.4 Å². The lowest BCUT2D eigenvalue weighted by atomic mass is 9.98. The van der Waals surface area contributed by atoms with Gasteiger partial charge < -0.3 is 4.90 Å².